The van der Waals surface area contributed by atoms with Gasteiger partial charge in [0.15, 0.2) is 0 Å². The van der Waals surface area contributed by atoms with E-state index >= 15 is 0 Å². The second-order valence-corrected chi connectivity index (χ2v) is 5.26. The van der Waals surface area contributed by atoms with Crippen LogP contribution in [-0.4, -0.2) is 35.0 Å². The zero-order valence-electron chi connectivity index (χ0n) is 11.1. The number of allylic oxidation sites excluding steroid dienone is 1. The van der Waals surface area contributed by atoms with E-state index in [0.717, 1.165) is 24.0 Å². The minimum Gasteiger partial charge on any atom is -0.454 e. The van der Waals surface area contributed by atoms with E-state index in [1.54, 1.807) is 6.08 Å². The summed E-state index contributed by atoms with van der Waals surface area (Å²) in [4.78, 5) is 11.6. The number of hydrogen-bond acceptors (Lipinski definition) is 4. The molecular weight excluding hydrogens is 244 g/mol. The lowest BCUT2D eigenvalue weighted by molar-refractivity contribution is -0.137. The first-order chi connectivity index (χ1) is 9.02. The molecule has 2 N–H and O–H groups in total. The van der Waals surface area contributed by atoms with Crippen LogP contribution in [0, 0.1) is 5.92 Å². The van der Waals surface area contributed by atoms with Gasteiger partial charge in [-0.25, -0.2) is 4.79 Å². The van der Waals surface area contributed by atoms with Gasteiger partial charge in [0.25, 0.3) is 0 Å². The predicted octanol–water partition coefficient (Wildman–Crippen LogP) is 1.49. The van der Waals surface area contributed by atoms with Crippen molar-refractivity contribution < 1.29 is 19.7 Å². The molecule has 4 nitrogen and oxygen atoms in total. The Bertz CT molecular complexity index is 447. The fourth-order valence-electron chi connectivity index (χ4n) is 2.69. The van der Waals surface area contributed by atoms with E-state index in [1.165, 1.54) is 0 Å². The van der Waals surface area contributed by atoms with E-state index in [1.807, 2.05) is 6.92 Å². The highest BCUT2D eigenvalue weighted by molar-refractivity contribution is 5.91. The maximum Gasteiger partial charge on any atom is 0.334 e. The van der Waals surface area contributed by atoms with Gasteiger partial charge in [-0.2, -0.15) is 0 Å². The van der Waals surface area contributed by atoms with Crippen molar-refractivity contribution in [2.24, 2.45) is 5.92 Å². The quantitative estimate of drug-likeness (QED) is 0.428. The van der Waals surface area contributed by atoms with Crippen molar-refractivity contribution >= 4 is 5.97 Å². The first-order valence-corrected chi connectivity index (χ1v) is 6.57. The van der Waals surface area contributed by atoms with Crippen LogP contribution in [0.3, 0.4) is 0 Å². The van der Waals surface area contributed by atoms with E-state index in [9.17, 15) is 15.0 Å². The van der Waals surface area contributed by atoms with Crippen LogP contribution in [0.4, 0.5) is 0 Å². The molecule has 0 aromatic heterocycles. The summed E-state index contributed by atoms with van der Waals surface area (Å²) >= 11 is 0. The minimum atomic E-state index is -0.686. The van der Waals surface area contributed by atoms with Gasteiger partial charge in [-0.05, 0) is 37.8 Å². The summed E-state index contributed by atoms with van der Waals surface area (Å²) in [6.07, 6.45) is 4.69. The van der Waals surface area contributed by atoms with Crippen molar-refractivity contribution in [3.05, 3.63) is 35.5 Å². The van der Waals surface area contributed by atoms with Crippen molar-refractivity contribution in [2.75, 3.05) is 6.61 Å². The van der Waals surface area contributed by atoms with Crippen LogP contribution < -0.4 is 0 Å². The second-order valence-electron chi connectivity index (χ2n) is 5.26. The van der Waals surface area contributed by atoms with Crippen molar-refractivity contribution in [1.29, 1.82) is 0 Å². The largest absolute Gasteiger partial charge is 0.454 e. The SMILES string of the molecule is C=C1C(=O)O[C@@H]2C=C(CO)CC/C=C(\C)C[C@H](O)[C@@H]12. The van der Waals surface area contributed by atoms with Crippen LogP contribution in [-0.2, 0) is 9.53 Å². The summed E-state index contributed by atoms with van der Waals surface area (Å²) in [7, 11) is 0. The summed E-state index contributed by atoms with van der Waals surface area (Å²) in [5.41, 5.74) is 2.23. The highest BCUT2D eigenvalue weighted by atomic mass is 16.6. The number of carbonyl (C=O) groups is 1. The van der Waals surface area contributed by atoms with Crippen LogP contribution in [0.15, 0.2) is 35.5 Å². The number of rotatable bonds is 1. The highest BCUT2D eigenvalue weighted by Gasteiger charge is 2.41. The molecule has 2 aliphatic rings. The molecule has 104 valence electrons. The van der Waals surface area contributed by atoms with Gasteiger partial charge >= 0.3 is 5.97 Å². The Kier molecular flexibility index (Phi) is 4.22. The smallest absolute Gasteiger partial charge is 0.334 e. The number of esters is 1. The molecule has 0 unspecified atom stereocenters. The van der Waals surface area contributed by atoms with Gasteiger partial charge in [0, 0.05) is 5.57 Å². The first kappa shape index (κ1) is 14.0. The van der Waals surface area contributed by atoms with Gasteiger partial charge in [-0.1, -0.05) is 18.2 Å². The van der Waals surface area contributed by atoms with E-state index in [0.29, 0.717) is 12.0 Å². The van der Waals surface area contributed by atoms with Crippen molar-refractivity contribution in [3.8, 4) is 0 Å². The van der Waals surface area contributed by atoms with Gasteiger partial charge < -0.3 is 14.9 Å². The summed E-state index contributed by atoms with van der Waals surface area (Å²) in [5, 5.41) is 19.6. The molecule has 0 aromatic rings. The summed E-state index contributed by atoms with van der Waals surface area (Å²) in [6.45, 7) is 5.63. The molecule has 0 radical (unpaired) electrons. The molecular formula is C15H20O4. The Balaban J connectivity index is 2.34. The standard InChI is InChI=1S/C15H20O4/c1-9-4-3-5-11(8-16)7-13-14(12(17)6-9)10(2)15(18)19-13/h4,7,12-14,16-17H,2-3,5-6,8H2,1H3/b9-4+,11-7?/t12-,13+,14+/m0/s1. The Morgan fingerprint density at radius 2 is 2.26 bits per heavy atom. The van der Waals surface area contributed by atoms with Crippen molar-refractivity contribution in [2.45, 2.75) is 38.4 Å². The molecule has 0 spiro atoms. The molecule has 4 heteroatoms. The molecule has 1 saturated heterocycles. The number of hydrogen-bond donors (Lipinski definition) is 2. The summed E-state index contributed by atoms with van der Waals surface area (Å²) in [6, 6.07) is 0. The molecule has 2 rings (SSSR count). The Labute approximate surface area is 113 Å². The van der Waals surface area contributed by atoms with Crippen LogP contribution >= 0.6 is 0 Å². The molecule has 1 aliphatic carbocycles. The molecule has 0 bridgehead atoms. The second kappa shape index (κ2) is 5.72. The number of ether oxygens (including phenoxy) is 1. The van der Waals surface area contributed by atoms with Gasteiger partial charge in [-0.3, -0.25) is 0 Å². The lowest BCUT2D eigenvalue weighted by Crippen LogP contribution is -2.29. The van der Waals surface area contributed by atoms with Gasteiger partial charge in [-0.15, -0.1) is 0 Å². The zero-order chi connectivity index (χ0) is 14.0. The average molecular weight is 264 g/mol. The lowest BCUT2D eigenvalue weighted by atomic mass is 9.85. The third-order valence-electron chi connectivity index (χ3n) is 3.77. The molecule has 19 heavy (non-hydrogen) atoms. The predicted molar refractivity (Wildman–Crippen MR) is 71.3 cm³/mol. The molecule has 1 aliphatic heterocycles. The number of aliphatic hydroxyl groups is 2. The number of fused-ring (bicyclic) bond motifs is 1. The molecule has 3 atom stereocenters. The molecule has 1 fully saturated rings. The lowest BCUT2D eigenvalue weighted by Gasteiger charge is -2.23. The van der Waals surface area contributed by atoms with E-state index in [4.69, 9.17) is 4.74 Å². The first-order valence-electron chi connectivity index (χ1n) is 6.57. The normalized spacial score (nSPS) is 35.0. The summed E-state index contributed by atoms with van der Waals surface area (Å²) < 4.78 is 5.24. The summed E-state index contributed by atoms with van der Waals surface area (Å²) in [5.74, 6) is -0.876. The highest BCUT2D eigenvalue weighted by Crippen LogP contribution is 2.34. The maximum absolute atomic E-state index is 11.6. The van der Waals surface area contributed by atoms with Crippen molar-refractivity contribution in [3.63, 3.8) is 0 Å². The molecule has 0 saturated carbocycles. The zero-order valence-corrected chi connectivity index (χ0v) is 11.1. The average Bonchev–Trinajstić information content (AvgIpc) is 2.63. The monoisotopic (exact) mass is 264 g/mol. The van der Waals surface area contributed by atoms with Gasteiger partial charge in [0.2, 0.25) is 0 Å². The van der Waals surface area contributed by atoms with Crippen LogP contribution in [0.5, 0.6) is 0 Å². The Hall–Kier alpha value is -1.39. The van der Waals surface area contributed by atoms with Crippen LogP contribution in [0.2, 0.25) is 0 Å². The minimum absolute atomic E-state index is 0.0593. The third-order valence-corrected chi connectivity index (χ3v) is 3.77. The Morgan fingerprint density at radius 3 is 2.95 bits per heavy atom. The van der Waals surface area contributed by atoms with Crippen LogP contribution in [0.1, 0.15) is 26.2 Å². The Morgan fingerprint density at radius 1 is 1.53 bits per heavy atom. The van der Waals surface area contributed by atoms with E-state index in [2.05, 4.69) is 12.7 Å². The number of aliphatic hydroxyl groups excluding tert-OH is 2. The third kappa shape index (κ3) is 2.96. The van der Waals surface area contributed by atoms with Gasteiger partial charge in [0.05, 0.1) is 18.6 Å². The molecule has 0 aromatic carbocycles. The molecule has 0 amide bonds. The van der Waals surface area contributed by atoms with Gasteiger partial charge in [0.1, 0.15) is 6.10 Å². The fourth-order valence-corrected chi connectivity index (χ4v) is 2.69. The topological polar surface area (TPSA) is 66.8 Å². The van der Waals surface area contributed by atoms with Crippen molar-refractivity contribution in [1.82, 2.24) is 0 Å². The number of carbonyl (C=O) groups excluding carboxylic acids is 1. The van der Waals surface area contributed by atoms with Crippen LogP contribution in [0.25, 0.3) is 0 Å². The van der Waals surface area contributed by atoms with E-state index < -0.39 is 24.1 Å². The maximum atomic E-state index is 11.6. The van der Waals surface area contributed by atoms with E-state index in [-0.39, 0.29) is 6.61 Å². The molecule has 1 heterocycles. The fraction of sp³-hybridized carbons (Fsp3) is 0.533.